The Morgan fingerprint density at radius 1 is 1.65 bits per heavy atom. The normalized spacial score (nSPS) is 19.2. The molecular weight excluding hydrogens is 218 g/mol. The van der Waals surface area contributed by atoms with E-state index in [9.17, 15) is 4.79 Å². The van der Waals surface area contributed by atoms with Crippen molar-refractivity contribution in [3.63, 3.8) is 0 Å². The second-order valence-electron chi connectivity index (χ2n) is 4.24. The third-order valence-electron chi connectivity index (χ3n) is 2.91. The van der Waals surface area contributed by atoms with Gasteiger partial charge in [-0.25, -0.2) is 4.98 Å². The highest BCUT2D eigenvalue weighted by Gasteiger charge is 2.15. The zero-order valence-corrected chi connectivity index (χ0v) is 9.69. The lowest BCUT2D eigenvalue weighted by atomic mass is 10.1. The number of aromatic nitrogens is 1. The number of nitrogen functional groups attached to an aromatic ring is 1. The van der Waals surface area contributed by atoms with Crippen molar-refractivity contribution < 1.29 is 9.53 Å². The number of carbonyl (C=O) groups excluding carboxylic acids is 1. The van der Waals surface area contributed by atoms with Gasteiger partial charge in [-0.3, -0.25) is 4.79 Å². The van der Waals surface area contributed by atoms with Gasteiger partial charge in [0, 0.05) is 31.5 Å². The van der Waals surface area contributed by atoms with Gasteiger partial charge in [0.1, 0.15) is 5.82 Å². The molecule has 0 spiro atoms. The second-order valence-corrected chi connectivity index (χ2v) is 4.24. The van der Waals surface area contributed by atoms with E-state index in [0.717, 1.165) is 26.1 Å². The number of amides is 1. The van der Waals surface area contributed by atoms with Gasteiger partial charge in [-0.05, 0) is 30.9 Å². The third-order valence-corrected chi connectivity index (χ3v) is 2.91. The number of rotatable bonds is 4. The maximum absolute atomic E-state index is 11.7. The molecule has 0 saturated carbocycles. The molecule has 2 heterocycles. The van der Waals surface area contributed by atoms with Gasteiger partial charge in [-0.1, -0.05) is 0 Å². The molecule has 1 aromatic heterocycles. The van der Waals surface area contributed by atoms with Gasteiger partial charge in [0.15, 0.2) is 0 Å². The van der Waals surface area contributed by atoms with E-state index < -0.39 is 0 Å². The number of nitrogens with two attached hydrogens (primary N) is 1. The highest BCUT2D eigenvalue weighted by Crippen LogP contribution is 2.15. The van der Waals surface area contributed by atoms with Crippen molar-refractivity contribution in [3.05, 3.63) is 23.9 Å². The molecule has 5 heteroatoms. The molecule has 17 heavy (non-hydrogen) atoms. The van der Waals surface area contributed by atoms with Crippen molar-refractivity contribution in [2.24, 2.45) is 5.92 Å². The van der Waals surface area contributed by atoms with Crippen LogP contribution in [0.5, 0.6) is 0 Å². The molecule has 0 bridgehead atoms. The number of pyridine rings is 1. The number of carbonyl (C=O) groups is 1. The monoisotopic (exact) mass is 235 g/mol. The maximum Gasteiger partial charge on any atom is 0.251 e. The van der Waals surface area contributed by atoms with Crippen molar-refractivity contribution in [3.8, 4) is 0 Å². The van der Waals surface area contributed by atoms with Crippen LogP contribution in [0.2, 0.25) is 0 Å². The molecule has 1 fully saturated rings. The summed E-state index contributed by atoms with van der Waals surface area (Å²) in [6.07, 6.45) is 3.60. The van der Waals surface area contributed by atoms with E-state index in [4.69, 9.17) is 10.5 Å². The number of hydrogen-bond acceptors (Lipinski definition) is 4. The molecule has 0 radical (unpaired) electrons. The number of nitrogens with zero attached hydrogens (tertiary/aromatic N) is 1. The lowest BCUT2D eigenvalue weighted by molar-refractivity contribution is 0.0950. The van der Waals surface area contributed by atoms with Gasteiger partial charge in [0.2, 0.25) is 0 Å². The quantitative estimate of drug-likeness (QED) is 0.810. The SMILES string of the molecule is Nc1cc(C(=O)NCCC2CCOC2)ccn1. The van der Waals surface area contributed by atoms with Crippen molar-refractivity contribution >= 4 is 11.7 Å². The van der Waals surface area contributed by atoms with Crippen LogP contribution >= 0.6 is 0 Å². The first kappa shape index (κ1) is 11.9. The highest BCUT2D eigenvalue weighted by molar-refractivity contribution is 5.94. The summed E-state index contributed by atoms with van der Waals surface area (Å²) in [7, 11) is 0. The molecule has 3 N–H and O–H groups in total. The van der Waals surface area contributed by atoms with Crippen LogP contribution in [-0.2, 0) is 4.74 Å². The molecule has 5 nitrogen and oxygen atoms in total. The van der Waals surface area contributed by atoms with E-state index in [2.05, 4.69) is 10.3 Å². The van der Waals surface area contributed by atoms with Gasteiger partial charge in [0.05, 0.1) is 0 Å². The first-order valence-corrected chi connectivity index (χ1v) is 5.83. The molecule has 1 aromatic rings. The van der Waals surface area contributed by atoms with Crippen LogP contribution in [0.3, 0.4) is 0 Å². The smallest absolute Gasteiger partial charge is 0.251 e. The third kappa shape index (κ3) is 3.42. The summed E-state index contributed by atoms with van der Waals surface area (Å²) in [5, 5.41) is 2.88. The van der Waals surface area contributed by atoms with Gasteiger partial charge >= 0.3 is 0 Å². The molecule has 0 aliphatic carbocycles. The minimum Gasteiger partial charge on any atom is -0.384 e. The van der Waals surface area contributed by atoms with Gasteiger partial charge < -0.3 is 15.8 Å². The number of anilines is 1. The van der Waals surface area contributed by atoms with Crippen LogP contribution in [-0.4, -0.2) is 30.6 Å². The molecule has 1 unspecified atom stereocenters. The Morgan fingerprint density at radius 3 is 3.24 bits per heavy atom. The summed E-state index contributed by atoms with van der Waals surface area (Å²) in [6.45, 7) is 2.34. The van der Waals surface area contributed by atoms with Crippen LogP contribution < -0.4 is 11.1 Å². The summed E-state index contributed by atoms with van der Waals surface area (Å²) in [4.78, 5) is 15.6. The fourth-order valence-electron chi connectivity index (χ4n) is 1.89. The van der Waals surface area contributed by atoms with Crippen molar-refractivity contribution in [2.75, 3.05) is 25.5 Å². The van der Waals surface area contributed by atoms with E-state index in [0.29, 0.717) is 23.8 Å². The minimum absolute atomic E-state index is 0.0991. The Kier molecular flexibility index (Phi) is 3.93. The molecule has 0 aromatic carbocycles. The van der Waals surface area contributed by atoms with Gasteiger partial charge in [0.25, 0.3) is 5.91 Å². The summed E-state index contributed by atoms with van der Waals surface area (Å²) < 4.78 is 5.28. The molecule has 1 aliphatic heterocycles. The van der Waals surface area contributed by atoms with Gasteiger partial charge in [-0.15, -0.1) is 0 Å². The average molecular weight is 235 g/mol. The van der Waals surface area contributed by atoms with Crippen LogP contribution in [0.15, 0.2) is 18.3 Å². The molecule has 2 rings (SSSR count). The summed E-state index contributed by atoms with van der Waals surface area (Å²) in [5.41, 5.74) is 6.07. The number of nitrogens with one attached hydrogen (secondary N) is 1. The zero-order valence-electron chi connectivity index (χ0n) is 9.69. The average Bonchev–Trinajstić information content (AvgIpc) is 2.82. The molecule has 1 atom stereocenters. The van der Waals surface area contributed by atoms with Crippen molar-refractivity contribution in [2.45, 2.75) is 12.8 Å². The number of hydrogen-bond donors (Lipinski definition) is 2. The second kappa shape index (κ2) is 5.63. The van der Waals surface area contributed by atoms with E-state index in [1.807, 2.05) is 0 Å². The van der Waals surface area contributed by atoms with Crippen LogP contribution in [0.4, 0.5) is 5.82 Å². The van der Waals surface area contributed by atoms with E-state index in [1.165, 1.54) is 6.20 Å². The Labute approximate surface area is 100 Å². The summed E-state index contributed by atoms with van der Waals surface area (Å²) >= 11 is 0. The minimum atomic E-state index is -0.0991. The van der Waals surface area contributed by atoms with E-state index in [-0.39, 0.29) is 5.91 Å². The first-order valence-electron chi connectivity index (χ1n) is 5.83. The van der Waals surface area contributed by atoms with E-state index >= 15 is 0 Å². The van der Waals surface area contributed by atoms with Crippen LogP contribution in [0.1, 0.15) is 23.2 Å². The fraction of sp³-hybridized carbons (Fsp3) is 0.500. The predicted molar refractivity (Wildman–Crippen MR) is 64.5 cm³/mol. The highest BCUT2D eigenvalue weighted by atomic mass is 16.5. The van der Waals surface area contributed by atoms with Gasteiger partial charge in [-0.2, -0.15) is 0 Å². The Morgan fingerprint density at radius 2 is 2.53 bits per heavy atom. The van der Waals surface area contributed by atoms with Crippen LogP contribution in [0.25, 0.3) is 0 Å². The lowest BCUT2D eigenvalue weighted by Gasteiger charge is -2.08. The topological polar surface area (TPSA) is 77.2 Å². The standard InChI is InChI=1S/C12H17N3O2/c13-11-7-10(2-5-14-11)12(16)15-4-1-9-3-6-17-8-9/h2,5,7,9H,1,3-4,6,8H2,(H2,13,14)(H,15,16). The summed E-state index contributed by atoms with van der Waals surface area (Å²) in [6, 6.07) is 3.23. The van der Waals surface area contributed by atoms with E-state index in [1.54, 1.807) is 12.1 Å². The molecule has 1 saturated heterocycles. The van der Waals surface area contributed by atoms with Crippen LogP contribution in [0, 0.1) is 5.92 Å². The van der Waals surface area contributed by atoms with Crippen molar-refractivity contribution in [1.82, 2.24) is 10.3 Å². The molecule has 92 valence electrons. The molecule has 1 amide bonds. The fourth-order valence-corrected chi connectivity index (χ4v) is 1.89. The molecular formula is C12H17N3O2. The Hall–Kier alpha value is -1.62. The predicted octanol–water partition coefficient (Wildman–Crippen LogP) is 0.820. The largest absolute Gasteiger partial charge is 0.384 e. The Bertz CT molecular complexity index is 389. The lowest BCUT2D eigenvalue weighted by Crippen LogP contribution is -2.26. The summed E-state index contributed by atoms with van der Waals surface area (Å²) in [5.74, 6) is 0.845. The molecule has 1 aliphatic rings. The zero-order chi connectivity index (χ0) is 12.1. The van der Waals surface area contributed by atoms with Crippen molar-refractivity contribution in [1.29, 1.82) is 0 Å². The number of ether oxygens (including phenoxy) is 1. The maximum atomic E-state index is 11.7. The Balaban J connectivity index is 1.77. The first-order chi connectivity index (χ1) is 8.25.